The molecular formula is C13H13F2NO3. The highest BCUT2D eigenvalue weighted by Crippen LogP contribution is 2.30. The number of fused-ring (bicyclic) bond motifs is 1. The van der Waals surface area contributed by atoms with E-state index in [4.69, 9.17) is 5.11 Å². The number of amides is 1. The number of carbonyl (C=O) groups is 2. The fraction of sp³-hybridized carbons (Fsp3) is 0.385. The number of carboxylic acid groups (broad SMARTS) is 1. The normalized spacial score (nSPS) is 19.4. The van der Waals surface area contributed by atoms with Gasteiger partial charge in [0.2, 0.25) is 6.41 Å². The fourth-order valence-corrected chi connectivity index (χ4v) is 2.60. The van der Waals surface area contributed by atoms with Gasteiger partial charge in [-0.2, -0.15) is 0 Å². The predicted octanol–water partition coefficient (Wildman–Crippen LogP) is 1.27. The van der Waals surface area contributed by atoms with Crippen molar-refractivity contribution in [2.24, 2.45) is 5.92 Å². The Morgan fingerprint density at radius 1 is 1.47 bits per heavy atom. The SMILES string of the molecule is O=CNC(C(=O)O)C1CCc2c(F)cc(F)cc2C1. The maximum atomic E-state index is 13.5. The molecule has 4 nitrogen and oxygen atoms in total. The Morgan fingerprint density at radius 3 is 2.84 bits per heavy atom. The first-order chi connectivity index (χ1) is 9.02. The number of rotatable bonds is 4. The molecule has 0 fully saturated rings. The van der Waals surface area contributed by atoms with E-state index in [0.29, 0.717) is 30.4 Å². The second-order valence-electron chi connectivity index (χ2n) is 4.63. The number of carbonyl (C=O) groups excluding carboxylic acids is 1. The van der Waals surface area contributed by atoms with Gasteiger partial charge in [0.25, 0.3) is 0 Å². The number of carboxylic acids is 1. The second-order valence-corrected chi connectivity index (χ2v) is 4.63. The zero-order valence-corrected chi connectivity index (χ0v) is 10.0. The summed E-state index contributed by atoms with van der Waals surface area (Å²) in [5.41, 5.74) is 0.917. The lowest BCUT2D eigenvalue weighted by Gasteiger charge is -2.29. The van der Waals surface area contributed by atoms with Gasteiger partial charge >= 0.3 is 5.97 Å². The molecule has 0 saturated heterocycles. The summed E-state index contributed by atoms with van der Waals surface area (Å²) in [6, 6.07) is 1.03. The molecule has 1 aromatic carbocycles. The zero-order chi connectivity index (χ0) is 14.0. The van der Waals surface area contributed by atoms with E-state index in [1.54, 1.807) is 0 Å². The lowest BCUT2D eigenvalue weighted by atomic mass is 9.79. The van der Waals surface area contributed by atoms with Crippen LogP contribution in [0.3, 0.4) is 0 Å². The lowest BCUT2D eigenvalue weighted by Crippen LogP contribution is -2.44. The Bertz CT molecular complexity index is 519. The van der Waals surface area contributed by atoms with Crippen LogP contribution in [0.2, 0.25) is 0 Å². The van der Waals surface area contributed by atoms with Crippen LogP contribution in [0.5, 0.6) is 0 Å². The molecule has 1 aromatic rings. The highest BCUT2D eigenvalue weighted by molar-refractivity contribution is 5.76. The Morgan fingerprint density at radius 2 is 2.21 bits per heavy atom. The molecule has 1 amide bonds. The maximum absolute atomic E-state index is 13.5. The second kappa shape index (κ2) is 5.34. The van der Waals surface area contributed by atoms with Crippen molar-refractivity contribution in [1.82, 2.24) is 5.32 Å². The molecule has 102 valence electrons. The Labute approximate surface area is 108 Å². The van der Waals surface area contributed by atoms with Crippen LogP contribution in [0, 0.1) is 17.6 Å². The van der Waals surface area contributed by atoms with Crippen LogP contribution in [-0.4, -0.2) is 23.5 Å². The molecule has 6 heteroatoms. The third-order valence-corrected chi connectivity index (χ3v) is 3.48. The number of hydrogen-bond acceptors (Lipinski definition) is 2. The van der Waals surface area contributed by atoms with E-state index in [0.717, 1.165) is 6.07 Å². The van der Waals surface area contributed by atoms with Gasteiger partial charge in [0.15, 0.2) is 0 Å². The fourth-order valence-electron chi connectivity index (χ4n) is 2.60. The first kappa shape index (κ1) is 13.5. The summed E-state index contributed by atoms with van der Waals surface area (Å²) < 4.78 is 26.7. The van der Waals surface area contributed by atoms with Gasteiger partial charge in [-0.1, -0.05) is 0 Å². The van der Waals surface area contributed by atoms with Gasteiger partial charge in [-0.3, -0.25) is 4.79 Å². The van der Waals surface area contributed by atoms with Crippen LogP contribution in [0.4, 0.5) is 8.78 Å². The molecule has 0 radical (unpaired) electrons. The molecule has 2 unspecified atom stereocenters. The molecule has 2 atom stereocenters. The number of aliphatic carboxylic acids is 1. The molecule has 0 heterocycles. The van der Waals surface area contributed by atoms with Crippen LogP contribution < -0.4 is 5.32 Å². The third-order valence-electron chi connectivity index (χ3n) is 3.48. The summed E-state index contributed by atoms with van der Waals surface area (Å²) >= 11 is 0. The van der Waals surface area contributed by atoms with Crippen LogP contribution >= 0.6 is 0 Å². The van der Waals surface area contributed by atoms with E-state index >= 15 is 0 Å². The largest absolute Gasteiger partial charge is 0.480 e. The van der Waals surface area contributed by atoms with Crippen LogP contribution in [-0.2, 0) is 22.4 Å². The van der Waals surface area contributed by atoms with Gasteiger partial charge in [0, 0.05) is 6.07 Å². The summed E-state index contributed by atoms with van der Waals surface area (Å²) in [4.78, 5) is 21.5. The first-order valence-corrected chi connectivity index (χ1v) is 5.92. The average molecular weight is 269 g/mol. The summed E-state index contributed by atoms with van der Waals surface area (Å²) in [6.07, 6.45) is 1.35. The monoisotopic (exact) mass is 269 g/mol. The molecule has 0 saturated carbocycles. The summed E-state index contributed by atoms with van der Waals surface area (Å²) in [7, 11) is 0. The van der Waals surface area contributed by atoms with Crippen LogP contribution in [0.25, 0.3) is 0 Å². The van der Waals surface area contributed by atoms with Gasteiger partial charge in [-0.25, -0.2) is 13.6 Å². The van der Waals surface area contributed by atoms with Crippen molar-refractivity contribution >= 4 is 12.4 Å². The van der Waals surface area contributed by atoms with Crippen molar-refractivity contribution in [2.75, 3.05) is 0 Å². The molecule has 2 rings (SSSR count). The molecule has 0 aromatic heterocycles. The topological polar surface area (TPSA) is 66.4 Å². The van der Waals surface area contributed by atoms with Gasteiger partial charge in [0.1, 0.15) is 17.7 Å². The predicted molar refractivity (Wildman–Crippen MR) is 62.5 cm³/mol. The Hall–Kier alpha value is -1.98. The van der Waals surface area contributed by atoms with Gasteiger partial charge in [0.05, 0.1) is 0 Å². The first-order valence-electron chi connectivity index (χ1n) is 5.92. The third kappa shape index (κ3) is 2.72. The molecule has 1 aliphatic rings. The number of halogens is 2. The number of benzene rings is 1. The number of hydrogen-bond donors (Lipinski definition) is 2. The summed E-state index contributed by atoms with van der Waals surface area (Å²) in [5.74, 6) is -2.77. The van der Waals surface area contributed by atoms with E-state index in [2.05, 4.69) is 5.32 Å². The maximum Gasteiger partial charge on any atom is 0.326 e. The van der Waals surface area contributed by atoms with E-state index in [1.165, 1.54) is 6.07 Å². The highest BCUT2D eigenvalue weighted by Gasteiger charge is 2.32. The van der Waals surface area contributed by atoms with Crippen LogP contribution in [0.15, 0.2) is 12.1 Å². The van der Waals surface area contributed by atoms with Gasteiger partial charge < -0.3 is 10.4 Å². The Balaban J connectivity index is 2.26. The minimum absolute atomic E-state index is 0.238. The molecule has 19 heavy (non-hydrogen) atoms. The molecule has 1 aliphatic carbocycles. The quantitative estimate of drug-likeness (QED) is 0.809. The standard InChI is InChI=1S/C13H13F2NO3/c14-9-4-8-3-7(12(13(18)19)16-6-17)1-2-10(8)11(15)5-9/h4-7,12H,1-3H2,(H,16,17)(H,18,19). The molecule has 0 aliphatic heterocycles. The lowest BCUT2D eigenvalue weighted by molar-refractivity contribution is -0.142. The molecular weight excluding hydrogens is 256 g/mol. The summed E-state index contributed by atoms with van der Waals surface area (Å²) in [5, 5.41) is 11.3. The van der Waals surface area contributed by atoms with Crippen LogP contribution in [0.1, 0.15) is 17.5 Å². The van der Waals surface area contributed by atoms with Gasteiger partial charge in [-0.15, -0.1) is 0 Å². The highest BCUT2D eigenvalue weighted by atomic mass is 19.1. The minimum atomic E-state index is -1.14. The minimum Gasteiger partial charge on any atom is -0.480 e. The van der Waals surface area contributed by atoms with Crippen molar-refractivity contribution in [3.8, 4) is 0 Å². The average Bonchev–Trinajstić information content (AvgIpc) is 2.34. The van der Waals surface area contributed by atoms with E-state index in [1.807, 2.05) is 0 Å². The summed E-state index contributed by atoms with van der Waals surface area (Å²) in [6.45, 7) is 0. The zero-order valence-electron chi connectivity index (χ0n) is 10.0. The van der Waals surface area contributed by atoms with Gasteiger partial charge in [-0.05, 0) is 42.4 Å². The molecule has 2 N–H and O–H groups in total. The van der Waals surface area contributed by atoms with E-state index in [9.17, 15) is 18.4 Å². The van der Waals surface area contributed by atoms with E-state index in [-0.39, 0.29) is 12.3 Å². The van der Waals surface area contributed by atoms with Crippen molar-refractivity contribution in [1.29, 1.82) is 0 Å². The molecule has 0 spiro atoms. The van der Waals surface area contributed by atoms with Crippen molar-refractivity contribution in [2.45, 2.75) is 25.3 Å². The smallest absolute Gasteiger partial charge is 0.326 e. The Kier molecular flexibility index (Phi) is 3.78. The van der Waals surface area contributed by atoms with Crippen molar-refractivity contribution in [3.63, 3.8) is 0 Å². The van der Waals surface area contributed by atoms with Crippen molar-refractivity contribution in [3.05, 3.63) is 34.9 Å². The van der Waals surface area contributed by atoms with Crippen molar-refractivity contribution < 1.29 is 23.5 Å². The number of nitrogens with one attached hydrogen (secondary N) is 1. The molecule has 0 bridgehead atoms. The van der Waals surface area contributed by atoms with E-state index < -0.39 is 23.6 Å².